The van der Waals surface area contributed by atoms with Crippen LogP contribution in [0.2, 0.25) is 5.02 Å². The maximum absolute atomic E-state index is 11.8. The van der Waals surface area contributed by atoms with Crippen molar-refractivity contribution in [1.29, 1.82) is 0 Å². The first-order chi connectivity index (χ1) is 9.65. The average molecular weight is 296 g/mol. The lowest BCUT2D eigenvalue weighted by atomic mass is 10.1. The summed E-state index contributed by atoms with van der Waals surface area (Å²) in [5.74, 6) is 0. The van der Waals surface area contributed by atoms with Crippen LogP contribution in [0.15, 0.2) is 24.3 Å². The van der Waals surface area contributed by atoms with Gasteiger partial charge in [-0.05, 0) is 57.1 Å². The van der Waals surface area contributed by atoms with Crippen LogP contribution < -0.4 is 10.6 Å². The van der Waals surface area contributed by atoms with Gasteiger partial charge in [0.15, 0.2) is 0 Å². The van der Waals surface area contributed by atoms with Crippen LogP contribution in [-0.4, -0.2) is 36.6 Å². The Labute approximate surface area is 125 Å². The number of carbonyl (C=O) groups is 1. The van der Waals surface area contributed by atoms with Crippen LogP contribution >= 0.6 is 11.6 Å². The van der Waals surface area contributed by atoms with Gasteiger partial charge in [-0.2, -0.15) is 0 Å². The van der Waals surface area contributed by atoms with Gasteiger partial charge < -0.3 is 10.6 Å². The highest BCUT2D eigenvalue weighted by atomic mass is 35.5. The monoisotopic (exact) mass is 295 g/mol. The molecule has 0 aliphatic carbocycles. The van der Waals surface area contributed by atoms with E-state index >= 15 is 0 Å². The maximum Gasteiger partial charge on any atom is 0.319 e. The number of rotatable bonds is 4. The number of hydrogen-bond acceptors (Lipinski definition) is 2. The van der Waals surface area contributed by atoms with E-state index in [2.05, 4.69) is 22.5 Å². The van der Waals surface area contributed by atoms with Crippen molar-refractivity contribution in [2.45, 2.75) is 32.2 Å². The predicted molar refractivity (Wildman–Crippen MR) is 83.4 cm³/mol. The summed E-state index contributed by atoms with van der Waals surface area (Å²) in [4.78, 5) is 14.2. The summed E-state index contributed by atoms with van der Waals surface area (Å²) in [6.45, 7) is 5.11. The number of hydrogen-bond donors (Lipinski definition) is 2. The molecule has 2 amide bonds. The average Bonchev–Trinajstić information content (AvgIpc) is 2.48. The standard InChI is InChI=1S/C15H22ClN3O/c1-12(19-9-3-2-4-10-19)11-17-15(20)18-14-7-5-13(16)6-8-14/h5-8,12H,2-4,9-11H2,1H3,(H2,17,18,20). The quantitative estimate of drug-likeness (QED) is 0.895. The van der Waals surface area contributed by atoms with Gasteiger partial charge in [0.1, 0.15) is 0 Å². The van der Waals surface area contributed by atoms with Gasteiger partial charge in [0.2, 0.25) is 0 Å². The van der Waals surface area contributed by atoms with E-state index in [9.17, 15) is 4.79 Å². The van der Waals surface area contributed by atoms with Crippen LogP contribution in [0.1, 0.15) is 26.2 Å². The zero-order valence-corrected chi connectivity index (χ0v) is 12.6. The molecule has 1 unspecified atom stereocenters. The summed E-state index contributed by atoms with van der Waals surface area (Å²) in [7, 11) is 0. The summed E-state index contributed by atoms with van der Waals surface area (Å²) in [6, 6.07) is 7.30. The van der Waals surface area contributed by atoms with Crippen LogP contribution in [0, 0.1) is 0 Å². The molecule has 20 heavy (non-hydrogen) atoms. The second kappa shape index (κ2) is 7.50. The minimum Gasteiger partial charge on any atom is -0.336 e. The summed E-state index contributed by atoms with van der Waals surface area (Å²) < 4.78 is 0. The molecule has 5 heteroatoms. The Balaban J connectivity index is 1.72. The van der Waals surface area contributed by atoms with Gasteiger partial charge in [-0.25, -0.2) is 4.79 Å². The molecule has 0 saturated carbocycles. The molecule has 1 aromatic rings. The first-order valence-electron chi connectivity index (χ1n) is 7.19. The Morgan fingerprint density at radius 3 is 2.55 bits per heavy atom. The van der Waals surface area contributed by atoms with E-state index in [0.717, 1.165) is 18.8 Å². The second-order valence-corrected chi connectivity index (χ2v) is 5.72. The number of carbonyl (C=O) groups excluding carboxylic acids is 1. The second-order valence-electron chi connectivity index (χ2n) is 5.29. The summed E-state index contributed by atoms with van der Waals surface area (Å²) in [5, 5.41) is 6.38. The molecule has 0 bridgehead atoms. The lowest BCUT2D eigenvalue weighted by Gasteiger charge is -2.32. The number of anilines is 1. The van der Waals surface area contributed by atoms with E-state index in [-0.39, 0.29) is 6.03 Å². The Bertz CT molecular complexity index is 429. The molecule has 110 valence electrons. The van der Waals surface area contributed by atoms with Crippen molar-refractivity contribution in [3.63, 3.8) is 0 Å². The van der Waals surface area contributed by atoms with Crippen molar-refractivity contribution < 1.29 is 4.79 Å². The normalized spacial score (nSPS) is 17.5. The van der Waals surface area contributed by atoms with Gasteiger partial charge in [0.25, 0.3) is 0 Å². The third-order valence-electron chi connectivity index (χ3n) is 3.67. The van der Waals surface area contributed by atoms with Crippen molar-refractivity contribution in [3.05, 3.63) is 29.3 Å². The highest BCUT2D eigenvalue weighted by Crippen LogP contribution is 2.13. The van der Waals surface area contributed by atoms with E-state index < -0.39 is 0 Å². The molecule has 1 fully saturated rings. The molecule has 1 atom stereocenters. The number of likely N-dealkylation sites (tertiary alicyclic amines) is 1. The fourth-order valence-electron chi connectivity index (χ4n) is 2.44. The Morgan fingerprint density at radius 1 is 1.25 bits per heavy atom. The van der Waals surface area contributed by atoms with Crippen LogP contribution in [0.25, 0.3) is 0 Å². The van der Waals surface area contributed by atoms with E-state index in [0.29, 0.717) is 17.6 Å². The molecule has 2 rings (SSSR count). The highest BCUT2D eigenvalue weighted by molar-refractivity contribution is 6.30. The first kappa shape index (κ1) is 15.1. The Kier molecular flexibility index (Phi) is 5.68. The van der Waals surface area contributed by atoms with Gasteiger partial charge in [-0.1, -0.05) is 18.0 Å². The zero-order chi connectivity index (χ0) is 14.4. The Morgan fingerprint density at radius 2 is 1.90 bits per heavy atom. The number of urea groups is 1. The Hall–Kier alpha value is -1.26. The summed E-state index contributed by atoms with van der Waals surface area (Å²) >= 11 is 5.80. The number of nitrogens with zero attached hydrogens (tertiary/aromatic N) is 1. The maximum atomic E-state index is 11.8. The molecule has 2 N–H and O–H groups in total. The first-order valence-corrected chi connectivity index (χ1v) is 7.57. The topological polar surface area (TPSA) is 44.4 Å². The zero-order valence-electron chi connectivity index (χ0n) is 11.9. The smallest absolute Gasteiger partial charge is 0.319 e. The van der Waals surface area contributed by atoms with E-state index in [4.69, 9.17) is 11.6 Å². The number of nitrogens with one attached hydrogen (secondary N) is 2. The lowest BCUT2D eigenvalue weighted by molar-refractivity contribution is 0.171. The minimum absolute atomic E-state index is 0.170. The molecule has 1 aliphatic rings. The molecule has 0 spiro atoms. The molecule has 0 aromatic heterocycles. The van der Waals surface area contributed by atoms with Crippen molar-refractivity contribution in [3.8, 4) is 0 Å². The highest BCUT2D eigenvalue weighted by Gasteiger charge is 2.16. The fourth-order valence-corrected chi connectivity index (χ4v) is 2.56. The van der Waals surface area contributed by atoms with Crippen molar-refractivity contribution in [1.82, 2.24) is 10.2 Å². The van der Waals surface area contributed by atoms with Crippen molar-refractivity contribution in [2.75, 3.05) is 25.0 Å². The summed E-state index contributed by atoms with van der Waals surface area (Å²) in [6.07, 6.45) is 3.86. The third-order valence-corrected chi connectivity index (χ3v) is 3.93. The molecule has 1 aliphatic heterocycles. The van der Waals surface area contributed by atoms with Gasteiger partial charge in [0, 0.05) is 23.3 Å². The molecule has 4 nitrogen and oxygen atoms in total. The predicted octanol–water partition coefficient (Wildman–Crippen LogP) is 3.34. The van der Waals surface area contributed by atoms with Gasteiger partial charge in [0.05, 0.1) is 0 Å². The number of benzene rings is 1. The van der Waals surface area contributed by atoms with E-state index in [1.807, 2.05) is 0 Å². The number of amides is 2. The lowest BCUT2D eigenvalue weighted by Crippen LogP contribution is -2.45. The molecular weight excluding hydrogens is 274 g/mol. The molecule has 0 radical (unpaired) electrons. The molecule has 1 aromatic carbocycles. The third kappa shape index (κ3) is 4.69. The SMILES string of the molecule is CC(CNC(=O)Nc1ccc(Cl)cc1)N1CCCCC1. The van der Waals surface area contributed by atoms with Crippen molar-refractivity contribution >= 4 is 23.3 Å². The van der Waals surface area contributed by atoms with Crippen LogP contribution in [0.5, 0.6) is 0 Å². The summed E-state index contributed by atoms with van der Waals surface area (Å²) in [5.41, 5.74) is 0.748. The molecule has 1 saturated heterocycles. The number of piperidine rings is 1. The largest absolute Gasteiger partial charge is 0.336 e. The van der Waals surface area contributed by atoms with Crippen molar-refractivity contribution in [2.24, 2.45) is 0 Å². The minimum atomic E-state index is -0.170. The van der Waals surface area contributed by atoms with Gasteiger partial charge in [-0.15, -0.1) is 0 Å². The molecular formula is C15H22ClN3O. The van der Waals surface area contributed by atoms with Crippen LogP contribution in [0.3, 0.4) is 0 Å². The number of halogens is 1. The fraction of sp³-hybridized carbons (Fsp3) is 0.533. The van der Waals surface area contributed by atoms with Gasteiger partial charge >= 0.3 is 6.03 Å². The van der Waals surface area contributed by atoms with E-state index in [1.54, 1.807) is 24.3 Å². The van der Waals surface area contributed by atoms with Gasteiger partial charge in [-0.3, -0.25) is 4.90 Å². The van der Waals surface area contributed by atoms with Crippen LogP contribution in [0.4, 0.5) is 10.5 Å². The van der Waals surface area contributed by atoms with E-state index in [1.165, 1.54) is 19.3 Å². The van der Waals surface area contributed by atoms with Crippen LogP contribution in [-0.2, 0) is 0 Å². The molecule has 1 heterocycles.